The quantitative estimate of drug-likeness (QED) is 0.902. The molecule has 4 nitrogen and oxygen atoms in total. The molecule has 2 atom stereocenters. The van der Waals surface area contributed by atoms with E-state index in [0.29, 0.717) is 6.04 Å². The topological polar surface area (TPSA) is 41.0 Å². The van der Waals surface area contributed by atoms with E-state index in [-0.39, 0.29) is 5.54 Å². The lowest BCUT2D eigenvalue weighted by molar-refractivity contribution is 0.0743. The van der Waals surface area contributed by atoms with E-state index >= 15 is 0 Å². The predicted molar refractivity (Wildman–Crippen MR) is 78.0 cm³/mol. The highest BCUT2D eigenvalue weighted by Crippen LogP contribution is 2.21. The van der Waals surface area contributed by atoms with Crippen molar-refractivity contribution in [3.8, 4) is 0 Å². The first-order chi connectivity index (χ1) is 9.06. The average molecular weight is 262 g/mol. The van der Waals surface area contributed by atoms with Crippen molar-refractivity contribution in [2.24, 2.45) is 0 Å². The van der Waals surface area contributed by atoms with Crippen LogP contribution in [0.1, 0.15) is 45.1 Å². The lowest BCUT2D eigenvalue weighted by atomic mass is 9.92. The summed E-state index contributed by atoms with van der Waals surface area (Å²) in [7, 11) is 0. The van der Waals surface area contributed by atoms with Crippen molar-refractivity contribution < 1.29 is 0 Å². The summed E-state index contributed by atoms with van der Waals surface area (Å²) in [6, 6.07) is 2.64. The van der Waals surface area contributed by atoms with Gasteiger partial charge in [-0.1, -0.05) is 13.8 Å². The Balaban J connectivity index is 2.10. The Morgan fingerprint density at radius 2 is 2.26 bits per heavy atom. The van der Waals surface area contributed by atoms with Gasteiger partial charge in [0.2, 0.25) is 0 Å². The molecule has 0 aliphatic carbocycles. The van der Waals surface area contributed by atoms with Gasteiger partial charge in [-0.2, -0.15) is 0 Å². The van der Waals surface area contributed by atoms with Crippen molar-refractivity contribution in [3.05, 3.63) is 23.8 Å². The molecule has 1 aromatic heterocycles. The third kappa shape index (κ3) is 3.51. The van der Waals surface area contributed by atoms with Gasteiger partial charge < -0.3 is 5.32 Å². The average Bonchev–Trinajstić information content (AvgIpc) is 2.39. The number of aryl methyl sites for hydroxylation is 1. The molecular formula is C15H26N4. The van der Waals surface area contributed by atoms with Crippen LogP contribution in [0.2, 0.25) is 0 Å². The van der Waals surface area contributed by atoms with E-state index in [1.807, 2.05) is 19.2 Å². The summed E-state index contributed by atoms with van der Waals surface area (Å²) >= 11 is 0. The fourth-order valence-electron chi connectivity index (χ4n) is 2.75. The predicted octanol–water partition coefficient (Wildman–Crippen LogP) is 2.14. The van der Waals surface area contributed by atoms with Gasteiger partial charge in [-0.25, -0.2) is 9.97 Å². The maximum Gasteiger partial charge on any atom is 0.125 e. The third-order valence-electron chi connectivity index (χ3n) is 4.28. The van der Waals surface area contributed by atoms with Crippen molar-refractivity contribution in [2.45, 2.75) is 58.7 Å². The Bertz CT molecular complexity index is 420. The highest BCUT2D eigenvalue weighted by molar-refractivity contribution is 5.04. The Morgan fingerprint density at radius 3 is 2.89 bits per heavy atom. The van der Waals surface area contributed by atoms with Crippen LogP contribution in [0.3, 0.4) is 0 Å². The second-order valence-electron chi connectivity index (χ2n) is 5.86. The molecule has 0 saturated carbocycles. The van der Waals surface area contributed by atoms with Crippen LogP contribution in [0, 0.1) is 6.92 Å². The van der Waals surface area contributed by atoms with Crippen LogP contribution < -0.4 is 5.32 Å². The van der Waals surface area contributed by atoms with Crippen molar-refractivity contribution in [1.82, 2.24) is 20.2 Å². The molecule has 1 saturated heterocycles. The standard InChI is InChI=1S/C15H26N4/c1-5-14-9-17-15(4,6-2)11-19(14)10-13-7-8-16-12(3)18-13/h7-8,14,17H,5-6,9-11H2,1-4H3. The summed E-state index contributed by atoms with van der Waals surface area (Å²) in [6.45, 7) is 11.9. The smallest absolute Gasteiger partial charge is 0.125 e. The van der Waals surface area contributed by atoms with Gasteiger partial charge in [0.1, 0.15) is 5.82 Å². The van der Waals surface area contributed by atoms with Gasteiger partial charge in [-0.05, 0) is 32.8 Å². The van der Waals surface area contributed by atoms with Gasteiger partial charge in [0.15, 0.2) is 0 Å². The highest BCUT2D eigenvalue weighted by atomic mass is 15.3. The summed E-state index contributed by atoms with van der Waals surface area (Å²) < 4.78 is 0. The largest absolute Gasteiger partial charge is 0.309 e. The summed E-state index contributed by atoms with van der Waals surface area (Å²) in [4.78, 5) is 11.3. The second kappa shape index (κ2) is 5.97. The normalized spacial score (nSPS) is 28.5. The Morgan fingerprint density at radius 1 is 1.47 bits per heavy atom. The van der Waals surface area contributed by atoms with E-state index in [9.17, 15) is 0 Å². The van der Waals surface area contributed by atoms with Gasteiger partial charge in [0.25, 0.3) is 0 Å². The first kappa shape index (κ1) is 14.4. The minimum absolute atomic E-state index is 0.230. The van der Waals surface area contributed by atoms with Crippen LogP contribution in [-0.2, 0) is 6.54 Å². The first-order valence-electron chi connectivity index (χ1n) is 7.34. The number of nitrogens with zero attached hydrogens (tertiary/aromatic N) is 3. The SMILES string of the molecule is CCC1CNC(C)(CC)CN1Cc1ccnc(C)n1. The van der Waals surface area contributed by atoms with Crippen molar-refractivity contribution in [3.63, 3.8) is 0 Å². The zero-order valence-electron chi connectivity index (χ0n) is 12.6. The van der Waals surface area contributed by atoms with E-state index in [0.717, 1.165) is 37.6 Å². The molecule has 1 aliphatic rings. The van der Waals surface area contributed by atoms with Crippen molar-refractivity contribution >= 4 is 0 Å². The maximum absolute atomic E-state index is 4.54. The molecule has 4 heteroatoms. The van der Waals surface area contributed by atoms with E-state index < -0.39 is 0 Å². The van der Waals surface area contributed by atoms with Crippen LogP contribution in [-0.4, -0.2) is 39.5 Å². The molecule has 1 fully saturated rings. The van der Waals surface area contributed by atoms with Crippen LogP contribution in [0.25, 0.3) is 0 Å². The fourth-order valence-corrected chi connectivity index (χ4v) is 2.75. The lowest BCUT2D eigenvalue weighted by Gasteiger charge is -2.45. The van der Waals surface area contributed by atoms with Crippen LogP contribution in [0.15, 0.2) is 12.3 Å². The molecule has 1 aromatic rings. The number of hydrogen-bond donors (Lipinski definition) is 1. The molecule has 19 heavy (non-hydrogen) atoms. The van der Waals surface area contributed by atoms with Gasteiger partial charge in [-0.15, -0.1) is 0 Å². The second-order valence-corrected chi connectivity index (χ2v) is 5.86. The Labute approximate surface area is 116 Å². The third-order valence-corrected chi connectivity index (χ3v) is 4.28. The van der Waals surface area contributed by atoms with Gasteiger partial charge in [-0.3, -0.25) is 4.90 Å². The molecule has 0 bridgehead atoms. The number of piperazine rings is 1. The van der Waals surface area contributed by atoms with Crippen molar-refractivity contribution in [2.75, 3.05) is 13.1 Å². The summed E-state index contributed by atoms with van der Waals surface area (Å²) in [5, 5.41) is 3.70. The Kier molecular flexibility index (Phi) is 4.53. The number of hydrogen-bond acceptors (Lipinski definition) is 4. The molecule has 2 rings (SSSR count). The number of rotatable bonds is 4. The van der Waals surface area contributed by atoms with Gasteiger partial charge in [0, 0.05) is 37.4 Å². The molecule has 0 radical (unpaired) electrons. The van der Waals surface area contributed by atoms with Gasteiger partial charge >= 0.3 is 0 Å². The van der Waals surface area contributed by atoms with E-state index in [4.69, 9.17) is 0 Å². The van der Waals surface area contributed by atoms with Gasteiger partial charge in [0.05, 0.1) is 5.69 Å². The molecule has 0 aromatic carbocycles. The first-order valence-corrected chi connectivity index (χ1v) is 7.34. The van der Waals surface area contributed by atoms with Crippen LogP contribution in [0.5, 0.6) is 0 Å². The number of aromatic nitrogens is 2. The molecule has 0 spiro atoms. The van der Waals surface area contributed by atoms with E-state index in [2.05, 4.69) is 41.0 Å². The molecule has 2 unspecified atom stereocenters. The molecule has 1 N–H and O–H groups in total. The number of nitrogens with one attached hydrogen (secondary N) is 1. The highest BCUT2D eigenvalue weighted by Gasteiger charge is 2.33. The molecule has 106 valence electrons. The molecule has 0 amide bonds. The monoisotopic (exact) mass is 262 g/mol. The minimum atomic E-state index is 0.230. The molecular weight excluding hydrogens is 236 g/mol. The van der Waals surface area contributed by atoms with E-state index in [1.165, 1.54) is 6.42 Å². The Hall–Kier alpha value is -1.00. The maximum atomic E-state index is 4.54. The zero-order chi connectivity index (χ0) is 13.9. The summed E-state index contributed by atoms with van der Waals surface area (Å²) in [5.41, 5.74) is 1.36. The van der Waals surface area contributed by atoms with Crippen molar-refractivity contribution in [1.29, 1.82) is 0 Å². The van der Waals surface area contributed by atoms with Crippen LogP contribution in [0.4, 0.5) is 0 Å². The summed E-state index contributed by atoms with van der Waals surface area (Å²) in [5.74, 6) is 0.860. The molecule has 1 aliphatic heterocycles. The molecule has 2 heterocycles. The lowest BCUT2D eigenvalue weighted by Crippen LogP contribution is -2.62. The van der Waals surface area contributed by atoms with Crippen LogP contribution >= 0.6 is 0 Å². The fraction of sp³-hybridized carbons (Fsp3) is 0.733. The minimum Gasteiger partial charge on any atom is -0.309 e. The zero-order valence-corrected chi connectivity index (χ0v) is 12.6. The van der Waals surface area contributed by atoms with E-state index in [1.54, 1.807) is 0 Å². The summed E-state index contributed by atoms with van der Waals surface area (Å²) in [6.07, 6.45) is 4.19.